The topological polar surface area (TPSA) is 122 Å². The Labute approximate surface area is 326 Å². The van der Waals surface area contributed by atoms with Crippen molar-refractivity contribution in [3.05, 3.63) is 166 Å². The van der Waals surface area contributed by atoms with Crippen molar-refractivity contribution in [2.75, 3.05) is 6.54 Å². The molecule has 0 bridgehead atoms. The highest BCUT2D eigenvalue weighted by atomic mass is 35.5. The number of amides is 2. The molecule has 8 rings (SSSR count). The summed E-state index contributed by atoms with van der Waals surface area (Å²) in [5.41, 5.74) is 11.8. The zero-order valence-corrected chi connectivity index (χ0v) is 31.4. The van der Waals surface area contributed by atoms with Crippen LogP contribution in [0.5, 0.6) is 0 Å². The summed E-state index contributed by atoms with van der Waals surface area (Å²) in [5.74, 6) is -1.06. The van der Waals surface area contributed by atoms with Crippen molar-refractivity contribution in [3.8, 4) is 11.1 Å². The Morgan fingerprint density at radius 1 is 0.891 bits per heavy atom. The van der Waals surface area contributed by atoms with Gasteiger partial charge in [0.25, 0.3) is 5.91 Å². The zero-order valence-electron chi connectivity index (χ0n) is 29.9. The van der Waals surface area contributed by atoms with Crippen LogP contribution in [0, 0.1) is 12.7 Å². The maximum atomic E-state index is 13.5. The zero-order chi connectivity index (χ0) is 38.6. The third kappa shape index (κ3) is 8.28. The van der Waals surface area contributed by atoms with Crippen molar-refractivity contribution in [1.29, 1.82) is 0 Å². The van der Waals surface area contributed by atoms with Crippen LogP contribution < -0.4 is 5.43 Å². The maximum Gasteiger partial charge on any atom is 0.414 e. The van der Waals surface area contributed by atoms with Crippen LogP contribution in [0.4, 0.5) is 9.18 Å². The molecule has 0 spiro atoms. The predicted octanol–water partition coefficient (Wildman–Crippen LogP) is 9.73. The highest BCUT2D eigenvalue weighted by Gasteiger charge is 2.24. The monoisotopic (exact) mass is 775 g/mol. The Bertz CT molecular complexity index is 2610. The van der Waals surface area contributed by atoms with Crippen LogP contribution in [0.25, 0.3) is 38.6 Å². The van der Waals surface area contributed by atoms with Crippen LogP contribution >= 0.6 is 23.2 Å². The molecule has 0 atom stereocenters. The van der Waals surface area contributed by atoms with Gasteiger partial charge in [0, 0.05) is 81.4 Å². The van der Waals surface area contributed by atoms with Crippen LogP contribution in [-0.2, 0) is 20.0 Å². The third-order valence-electron chi connectivity index (χ3n) is 9.32. The van der Waals surface area contributed by atoms with Gasteiger partial charge in [-0.15, -0.1) is 0 Å². The van der Waals surface area contributed by atoms with Gasteiger partial charge in [0.15, 0.2) is 0 Å². The molecule has 3 aromatic heterocycles. The lowest BCUT2D eigenvalue weighted by atomic mass is 10.0. The molecular formula is C42H36Cl2FN7O3. The van der Waals surface area contributed by atoms with Crippen LogP contribution in [0.3, 0.4) is 0 Å². The molecule has 278 valence electrons. The van der Waals surface area contributed by atoms with Crippen LogP contribution in [-0.4, -0.2) is 53.3 Å². The van der Waals surface area contributed by atoms with Crippen molar-refractivity contribution in [3.63, 3.8) is 0 Å². The number of aromatic amines is 2. The third-order valence-corrected chi connectivity index (χ3v) is 9.97. The number of aryl methyl sites for hydroxylation is 2. The standard InChI is InChI=1S/C23H16ClFN2O3.C19H20ClN5/c24-18-7-8-21-20(11-18)17(12-26-21)13-27(23(29)30)22(28)16-5-1-3-14(9-16)15-4-2-6-19(25)10-15;1-13-8-16-14(10-21-18(16)9-17(13)20)5-7-25-19(4-3-6-22-25)15-11-23-24(2)12-15/h1-12,26H,13H2,(H,29,30);3-4,6,8-12,21-22H,5,7H2,1-2H3. The number of carbonyl (C=O) groups excluding carboxylic acids is 1. The number of fused-ring (bicyclic) bond motifs is 2. The van der Waals surface area contributed by atoms with Gasteiger partial charge in [-0.05, 0) is 108 Å². The van der Waals surface area contributed by atoms with Crippen molar-refractivity contribution in [2.45, 2.75) is 19.9 Å². The fraction of sp³-hybridized carbons (Fsp3) is 0.119. The predicted molar refractivity (Wildman–Crippen MR) is 215 cm³/mol. The summed E-state index contributed by atoms with van der Waals surface area (Å²) in [7, 11) is 1.93. The van der Waals surface area contributed by atoms with E-state index in [1.54, 1.807) is 54.7 Å². The fourth-order valence-corrected chi connectivity index (χ4v) is 6.84. The van der Waals surface area contributed by atoms with Crippen molar-refractivity contribution >= 4 is 62.7 Å². The minimum absolute atomic E-state index is 0.140. The molecule has 0 fully saturated rings. The molecule has 10 nitrogen and oxygen atoms in total. The summed E-state index contributed by atoms with van der Waals surface area (Å²) >= 11 is 12.3. The Hall–Kier alpha value is -6.30. The molecule has 13 heteroatoms. The molecular weight excluding hydrogens is 740 g/mol. The number of H-pyrrole nitrogens is 2. The highest BCUT2D eigenvalue weighted by Crippen LogP contribution is 2.28. The number of benzene rings is 4. The van der Waals surface area contributed by atoms with Gasteiger partial charge in [-0.2, -0.15) is 5.10 Å². The number of hydrogen-bond acceptors (Lipinski definition) is 5. The second kappa shape index (κ2) is 16.0. The molecule has 7 aromatic rings. The highest BCUT2D eigenvalue weighted by molar-refractivity contribution is 6.32. The smallest absolute Gasteiger partial charge is 0.414 e. The lowest BCUT2D eigenvalue weighted by Crippen LogP contribution is -2.35. The van der Waals surface area contributed by atoms with E-state index >= 15 is 0 Å². The van der Waals surface area contributed by atoms with E-state index in [1.807, 2.05) is 49.4 Å². The molecule has 1 aliphatic rings. The lowest BCUT2D eigenvalue weighted by Gasteiger charge is -2.28. The van der Waals surface area contributed by atoms with E-state index < -0.39 is 17.8 Å². The molecule has 0 radical (unpaired) electrons. The molecule has 0 saturated heterocycles. The number of rotatable bonds is 8. The summed E-state index contributed by atoms with van der Waals surface area (Å²) in [6.45, 7) is 2.75. The average molecular weight is 777 g/mol. The molecule has 2 amide bonds. The number of allylic oxidation sites excluding steroid dienone is 2. The molecule has 1 aliphatic heterocycles. The Balaban J connectivity index is 0.000000172. The normalized spacial score (nSPS) is 12.3. The number of aromatic nitrogens is 4. The van der Waals surface area contributed by atoms with Crippen molar-refractivity contribution < 1.29 is 19.1 Å². The quantitative estimate of drug-likeness (QED) is 0.122. The number of halogens is 3. The number of imide groups is 1. The van der Waals surface area contributed by atoms with Crippen LogP contribution in [0.15, 0.2) is 122 Å². The van der Waals surface area contributed by atoms with E-state index in [1.165, 1.54) is 29.1 Å². The number of hydrazine groups is 1. The van der Waals surface area contributed by atoms with E-state index in [4.69, 9.17) is 23.2 Å². The summed E-state index contributed by atoms with van der Waals surface area (Å²) in [6.07, 6.45) is 13.3. The number of nitrogens with zero attached hydrogens (tertiary/aromatic N) is 4. The molecule has 55 heavy (non-hydrogen) atoms. The van der Waals surface area contributed by atoms with Crippen LogP contribution in [0.1, 0.15) is 32.6 Å². The first-order chi connectivity index (χ1) is 26.5. The number of hydrogen-bond donors (Lipinski definition) is 4. The molecule has 4 aromatic carbocycles. The molecule has 0 aliphatic carbocycles. The van der Waals surface area contributed by atoms with Gasteiger partial charge in [-0.1, -0.05) is 47.5 Å². The van der Waals surface area contributed by atoms with E-state index in [0.717, 1.165) is 56.1 Å². The van der Waals surface area contributed by atoms with Crippen molar-refractivity contribution in [2.24, 2.45) is 7.05 Å². The number of carboxylic acid groups (broad SMARTS) is 1. The van der Waals surface area contributed by atoms with E-state index in [-0.39, 0.29) is 12.1 Å². The minimum Gasteiger partial charge on any atom is -0.465 e. The van der Waals surface area contributed by atoms with E-state index in [9.17, 15) is 19.1 Å². The average Bonchev–Trinajstić information content (AvgIpc) is 3.91. The maximum absolute atomic E-state index is 13.5. The van der Waals surface area contributed by atoms with Gasteiger partial charge in [-0.25, -0.2) is 14.1 Å². The minimum atomic E-state index is -1.37. The van der Waals surface area contributed by atoms with E-state index in [2.05, 4.69) is 43.8 Å². The second-order valence-corrected chi connectivity index (χ2v) is 13.9. The Morgan fingerprint density at radius 2 is 1.64 bits per heavy atom. The summed E-state index contributed by atoms with van der Waals surface area (Å²) in [4.78, 5) is 32.0. The molecule has 4 N–H and O–H groups in total. The van der Waals surface area contributed by atoms with E-state index in [0.29, 0.717) is 21.7 Å². The fourth-order valence-electron chi connectivity index (χ4n) is 6.50. The van der Waals surface area contributed by atoms with Gasteiger partial charge in [0.1, 0.15) is 5.82 Å². The first-order valence-electron chi connectivity index (χ1n) is 17.4. The van der Waals surface area contributed by atoms with Crippen molar-refractivity contribution in [1.82, 2.24) is 35.1 Å². The summed E-state index contributed by atoms with van der Waals surface area (Å²) < 4.78 is 15.4. The van der Waals surface area contributed by atoms with Gasteiger partial charge < -0.3 is 20.5 Å². The van der Waals surface area contributed by atoms with Gasteiger partial charge >= 0.3 is 6.09 Å². The first-order valence-corrected chi connectivity index (χ1v) is 18.1. The number of nitrogens with one attached hydrogen (secondary N) is 3. The summed E-state index contributed by atoms with van der Waals surface area (Å²) in [6, 6.07) is 21.8. The Kier molecular flexibility index (Phi) is 10.8. The summed E-state index contributed by atoms with van der Waals surface area (Å²) in [5, 5.41) is 19.4. The van der Waals surface area contributed by atoms with Crippen LogP contribution in [0.2, 0.25) is 10.0 Å². The Morgan fingerprint density at radius 3 is 2.40 bits per heavy atom. The molecule has 0 unspecified atom stereocenters. The lowest BCUT2D eigenvalue weighted by molar-refractivity contribution is 0.0730. The van der Waals surface area contributed by atoms with Gasteiger partial charge in [0.05, 0.1) is 18.4 Å². The first kappa shape index (κ1) is 37.0. The second-order valence-electron chi connectivity index (χ2n) is 13.1. The largest absolute Gasteiger partial charge is 0.465 e. The molecule has 0 saturated carbocycles. The van der Waals surface area contributed by atoms with Gasteiger partial charge in [-0.3, -0.25) is 14.5 Å². The number of carbonyl (C=O) groups is 2. The molecule has 4 heterocycles. The van der Waals surface area contributed by atoms with Gasteiger partial charge in [0.2, 0.25) is 0 Å². The SMILES string of the molecule is Cc1cc2c(CCN3NC=CC=C3c3cnn(C)c3)c[nH]c2cc1Cl.O=C(O)N(Cc1c[nH]c2ccc(Cl)cc12)C(=O)c1cccc(-c2cccc(F)c2)c1.